The molecule has 1 saturated heterocycles. The molecule has 2 rings (SSSR count). The van der Waals surface area contributed by atoms with Crippen LogP contribution >= 0.6 is 0 Å². The van der Waals surface area contributed by atoms with Gasteiger partial charge in [0.15, 0.2) is 5.79 Å². The Morgan fingerprint density at radius 3 is 2.41 bits per heavy atom. The summed E-state index contributed by atoms with van der Waals surface area (Å²) in [7, 11) is 2.22. The number of rotatable bonds is 4. The lowest BCUT2D eigenvalue weighted by Gasteiger charge is -2.39. The summed E-state index contributed by atoms with van der Waals surface area (Å²) in [6.07, 6.45) is 5.58. The van der Waals surface area contributed by atoms with Gasteiger partial charge in [-0.1, -0.05) is 5.57 Å². The maximum atomic E-state index is 5.75. The average molecular weight is 239 g/mol. The first-order valence-corrected chi connectivity index (χ1v) is 6.74. The van der Waals surface area contributed by atoms with Crippen molar-refractivity contribution in [2.24, 2.45) is 0 Å². The molecule has 0 N–H and O–H groups in total. The second kappa shape index (κ2) is 5.51. The Bertz CT molecular complexity index is 261. The lowest BCUT2D eigenvalue weighted by molar-refractivity contribution is -0.183. The highest BCUT2D eigenvalue weighted by molar-refractivity contribution is 4.90. The van der Waals surface area contributed by atoms with Crippen molar-refractivity contribution in [2.45, 2.75) is 50.9 Å². The SMILES string of the molecule is C=C(C)CCN(C)C1CCC2(CC1)OCCO2. The van der Waals surface area contributed by atoms with Crippen molar-refractivity contribution < 1.29 is 9.47 Å². The molecule has 0 atom stereocenters. The quantitative estimate of drug-likeness (QED) is 0.704. The van der Waals surface area contributed by atoms with Gasteiger partial charge >= 0.3 is 0 Å². The van der Waals surface area contributed by atoms with Gasteiger partial charge in [0.1, 0.15) is 0 Å². The number of nitrogens with zero attached hydrogens (tertiary/aromatic N) is 1. The lowest BCUT2D eigenvalue weighted by Crippen LogP contribution is -2.43. The summed E-state index contributed by atoms with van der Waals surface area (Å²) >= 11 is 0. The van der Waals surface area contributed by atoms with E-state index in [1.54, 1.807) is 0 Å². The first-order chi connectivity index (χ1) is 8.11. The molecule has 1 spiro atoms. The molecule has 0 bridgehead atoms. The first kappa shape index (κ1) is 13.1. The Balaban J connectivity index is 1.76. The fourth-order valence-corrected chi connectivity index (χ4v) is 2.82. The van der Waals surface area contributed by atoms with Crippen molar-refractivity contribution in [3.05, 3.63) is 12.2 Å². The van der Waals surface area contributed by atoms with Crippen molar-refractivity contribution >= 4 is 0 Å². The van der Waals surface area contributed by atoms with Gasteiger partial charge in [0.05, 0.1) is 13.2 Å². The van der Waals surface area contributed by atoms with Gasteiger partial charge in [-0.2, -0.15) is 0 Å². The zero-order valence-electron chi connectivity index (χ0n) is 11.2. The van der Waals surface area contributed by atoms with E-state index in [-0.39, 0.29) is 5.79 Å². The van der Waals surface area contributed by atoms with Crippen LogP contribution in [0.4, 0.5) is 0 Å². The summed E-state index contributed by atoms with van der Waals surface area (Å²) in [5.41, 5.74) is 1.27. The van der Waals surface area contributed by atoms with Crippen molar-refractivity contribution in [1.82, 2.24) is 4.90 Å². The minimum atomic E-state index is -0.217. The van der Waals surface area contributed by atoms with E-state index in [1.807, 2.05) is 0 Å². The van der Waals surface area contributed by atoms with E-state index in [0.29, 0.717) is 6.04 Å². The smallest absolute Gasteiger partial charge is 0.168 e. The van der Waals surface area contributed by atoms with Gasteiger partial charge in [0, 0.05) is 25.4 Å². The largest absolute Gasteiger partial charge is 0.348 e. The van der Waals surface area contributed by atoms with Crippen LogP contribution in [0.3, 0.4) is 0 Å². The van der Waals surface area contributed by atoms with Gasteiger partial charge in [-0.15, -0.1) is 6.58 Å². The van der Waals surface area contributed by atoms with Crippen LogP contribution < -0.4 is 0 Å². The topological polar surface area (TPSA) is 21.7 Å². The van der Waals surface area contributed by atoms with Gasteiger partial charge in [-0.25, -0.2) is 0 Å². The maximum absolute atomic E-state index is 5.75. The second-order valence-corrected chi connectivity index (χ2v) is 5.53. The zero-order chi connectivity index (χ0) is 12.3. The molecule has 1 heterocycles. The molecular formula is C14H25NO2. The normalized spacial score (nSPS) is 24.6. The van der Waals surface area contributed by atoms with E-state index in [9.17, 15) is 0 Å². The molecule has 0 aromatic carbocycles. The molecule has 2 aliphatic rings. The molecule has 98 valence electrons. The summed E-state index contributed by atoms with van der Waals surface area (Å²) in [4.78, 5) is 2.47. The molecule has 3 nitrogen and oxygen atoms in total. The Kier molecular flexibility index (Phi) is 4.23. The minimum Gasteiger partial charge on any atom is -0.348 e. The monoisotopic (exact) mass is 239 g/mol. The summed E-state index contributed by atoms with van der Waals surface area (Å²) in [6.45, 7) is 8.73. The molecule has 0 aromatic heterocycles. The van der Waals surface area contributed by atoms with Crippen molar-refractivity contribution in [1.29, 1.82) is 0 Å². The summed E-state index contributed by atoms with van der Waals surface area (Å²) < 4.78 is 11.5. The van der Waals surface area contributed by atoms with Gasteiger partial charge in [-0.3, -0.25) is 0 Å². The lowest BCUT2D eigenvalue weighted by atomic mass is 9.89. The number of ether oxygens (including phenoxy) is 2. The van der Waals surface area contributed by atoms with Crippen molar-refractivity contribution in [3.8, 4) is 0 Å². The third kappa shape index (κ3) is 3.30. The van der Waals surface area contributed by atoms with Crippen LogP contribution in [-0.2, 0) is 9.47 Å². The van der Waals surface area contributed by atoms with Crippen LogP contribution in [0.1, 0.15) is 39.0 Å². The molecule has 0 aromatic rings. The van der Waals surface area contributed by atoms with Crippen LogP contribution in [0, 0.1) is 0 Å². The molecule has 3 heteroatoms. The Morgan fingerprint density at radius 2 is 1.88 bits per heavy atom. The maximum Gasteiger partial charge on any atom is 0.168 e. The van der Waals surface area contributed by atoms with Crippen LogP contribution in [0.5, 0.6) is 0 Å². The molecular weight excluding hydrogens is 214 g/mol. The molecule has 0 radical (unpaired) electrons. The predicted octanol–water partition coefficient (Wildman–Crippen LogP) is 2.57. The molecule has 1 aliphatic heterocycles. The van der Waals surface area contributed by atoms with Crippen LogP contribution in [0.15, 0.2) is 12.2 Å². The predicted molar refractivity (Wildman–Crippen MR) is 69.0 cm³/mol. The van der Waals surface area contributed by atoms with Gasteiger partial charge in [-0.05, 0) is 33.2 Å². The molecule has 0 amide bonds. The van der Waals surface area contributed by atoms with Crippen LogP contribution in [0.2, 0.25) is 0 Å². The highest BCUT2D eigenvalue weighted by Gasteiger charge is 2.40. The number of hydrogen-bond donors (Lipinski definition) is 0. The van der Waals surface area contributed by atoms with Gasteiger partial charge in [0.2, 0.25) is 0 Å². The van der Waals surface area contributed by atoms with E-state index in [2.05, 4.69) is 25.5 Å². The van der Waals surface area contributed by atoms with E-state index in [1.165, 1.54) is 18.4 Å². The third-order valence-electron chi connectivity index (χ3n) is 4.05. The zero-order valence-corrected chi connectivity index (χ0v) is 11.2. The first-order valence-electron chi connectivity index (χ1n) is 6.74. The fourth-order valence-electron chi connectivity index (χ4n) is 2.82. The van der Waals surface area contributed by atoms with Crippen LogP contribution in [-0.4, -0.2) is 43.5 Å². The van der Waals surface area contributed by atoms with Crippen molar-refractivity contribution in [2.75, 3.05) is 26.8 Å². The Morgan fingerprint density at radius 1 is 1.29 bits per heavy atom. The van der Waals surface area contributed by atoms with E-state index < -0.39 is 0 Å². The van der Waals surface area contributed by atoms with E-state index >= 15 is 0 Å². The summed E-state index contributed by atoms with van der Waals surface area (Å²) in [5, 5.41) is 0. The molecule has 17 heavy (non-hydrogen) atoms. The van der Waals surface area contributed by atoms with Crippen molar-refractivity contribution in [3.63, 3.8) is 0 Å². The number of hydrogen-bond acceptors (Lipinski definition) is 3. The highest BCUT2D eigenvalue weighted by atomic mass is 16.7. The summed E-state index contributed by atoms with van der Waals surface area (Å²) in [5.74, 6) is -0.217. The Hall–Kier alpha value is -0.380. The average Bonchev–Trinajstić information content (AvgIpc) is 2.75. The fraction of sp³-hybridized carbons (Fsp3) is 0.857. The molecule has 0 unspecified atom stereocenters. The van der Waals surface area contributed by atoms with Crippen LogP contribution in [0.25, 0.3) is 0 Å². The molecule has 1 saturated carbocycles. The third-order valence-corrected chi connectivity index (χ3v) is 4.05. The van der Waals surface area contributed by atoms with Gasteiger partial charge in [0.25, 0.3) is 0 Å². The summed E-state index contributed by atoms with van der Waals surface area (Å²) in [6, 6.07) is 0.688. The van der Waals surface area contributed by atoms with Gasteiger partial charge < -0.3 is 14.4 Å². The van der Waals surface area contributed by atoms with E-state index in [0.717, 1.165) is 39.0 Å². The second-order valence-electron chi connectivity index (χ2n) is 5.53. The minimum absolute atomic E-state index is 0.217. The highest BCUT2D eigenvalue weighted by Crippen LogP contribution is 2.37. The Labute approximate surface area is 105 Å². The standard InChI is InChI=1S/C14H25NO2/c1-12(2)6-9-15(3)13-4-7-14(8-5-13)16-10-11-17-14/h13H,1,4-11H2,2-3H3. The molecule has 1 aliphatic carbocycles. The molecule has 2 fully saturated rings. The van der Waals surface area contributed by atoms with E-state index in [4.69, 9.17) is 9.47 Å².